The lowest BCUT2D eigenvalue weighted by Gasteiger charge is -1.91. The monoisotopic (exact) mass is 173 g/mol. The highest BCUT2D eigenvalue weighted by atomic mass is 16.2. The van der Waals surface area contributed by atoms with Crippen molar-refractivity contribution in [2.45, 2.75) is 0 Å². The second-order valence-corrected chi connectivity index (χ2v) is 2.52. The molecule has 1 aromatic heterocycles. The average molecular weight is 173 g/mol. The maximum absolute atomic E-state index is 11.0. The van der Waals surface area contributed by atoms with Crippen LogP contribution in [-0.2, 0) is 4.79 Å². The van der Waals surface area contributed by atoms with Crippen molar-refractivity contribution in [3.63, 3.8) is 0 Å². The lowest BCUT2D eigenvalue weighted by Crippen LogP contribution is -2.14. The second-order valence-electron chi connectivity index (χ2n) is 2.52. The molecule has 0 fully saturated rings. The van der Waals surface area contributed by atoms with Crippen molar-refractivity contribution in [1.29, 1.82) is 0 Å². The van der Waals surface area contributed by atoms with Crippen LogP contribution in [0.15, 0.2) is 35.1 Å². The van der Waals surface area contributed by atoms with Crippen LogP contribution in [-0.4, -0.2) is 17.2 Å². The zero-order chi connectivity index (χ0) is 9.10. The molecular formula is C9H7N3O. The fourth-order valence-corrected chi connectivity index (χ4v) is 0.997. The van der Waals surface area contributed by atoms with Crippen molar-refractivity contribution in [2.75, 3.05) is 0 Å². The Balaban J connectivity index is 2.30. The third-order valence-corrected chi connectivity index (χ3v) is 1.60. The van der Waals surface area contributed by atoms with Crippen molar-refractivity contribution in [1.82, 2.24) is 10.3 Å². The summed E-state index contributed by atoms with van der Waals surface area (Å²) < 4.78 is 0. The van der Waals surface area contributed by atoms with E-state index in [1.165, 1.54) is 6.34 Å². The van der Waals surface area contributed by atoms with E-state index in [2.05, 4.69) is 15.3 Å². The van der Waals surface area contributed by atoms with Gasteiger partial charge < -0.3 is 5.32 Å². The van der Waals surface area contributed by atoms with Gasteiger partial charge in [-0.1, -0.05) is 6.07 Å². The molecule has 0 spiro atoms. The topological polar surface area (TPSA) is 54.4 Å². The number of amides is 1. The standard InChI is InChI=1S/C9H7N3O/c13-9-8(11-6-12-9)5-7-3-1-2-4-10-7/h1-6H,(H,11,12,13). The summed E-state index contributed by atoms with van der Waals surface area (Å²) >= 11 is 0. The van der Waals surface area contributed by atoms with E-state index >= 15 is 0 Å². The molecule has 1 aromatic rings. The Kier molecular flexibility index (Phi) is 1.88. The molecule has 2 rings (SSSR count). The maximum Gasteiger partial charge on any atom is 0.275 e. The van der Waals surface area contributed by atoms with Gasteiger partial charge in [0.2, 0.25) is 0 Å². The van der Waals surface area contributed by atoms with Gasteiger partial charge in [0, 0.05) is 6.20 Å². The Morgan fingerprint density at radius 1 is 1.38 bits per heavy atom. The number of carbonyl (C=O) groups is 1. The minimum Gasteiger partial charge on any atom is -0.311 e. The van der Waals surface area contributed by atoms with E-state index in [1.54, 1.807) is 12.3 Å². The first kappa shape index (κ1) is 7.67. The zero-order valence-corrected chi connectivity index (χ0v) is 6.77. The number of aromatic nitrogens is 1. The van der Waals surface area contributed by atoms with E-state index in [1.807, 2.05) is 18.2 Å². The maximum atomic E-state index is 11.0. The number of pyridine rings is 1. The van der Waals surface area contributed by atoms with Gasteiger partial charge >= 0.3 is 0 Å². The predicted octanol–water partition coefficient (Wildman–Crippen LogP) is 0.581. The quantitative estimate of drug-likeness (QED) is 0.631. The number of aliphatic imine (C=N–C) groups is 1. The van der Waals surface area contributed by atoms with Crippen molar-refractivity contribution in [3.05, 3.63) is 35.8 Å². The zero-order valence-electron chi connectivity index (χ0n) is 6.77. The van der Waals surface area contributed by atoms with Crippen molar-refractivity contribution in [2.24, 2.45) is 4.99 Å². The highest BCUT2D eigenvalue weighted by molar-refractivity contribution is 6.07. The molecule has 0 radical (unpaired) electrons. The molecule has 1 aliphatic rings. The largest absolute Gasteiger partial charge is 0.311 e. The van der Waals surface area contributed by atoms with Crippen LogP contribution in [0.1, 0.15) is 5.69 Å². The molecule has 0 aliphatic carbocycles. The van der Waals surface area contributed by atoms with E-state index in [0.29, 0.717) is 5.70 Å². The SMILES string of the molecule is O=C1NC=NC1=Cc1ccccn1. The lowest BCUT2D eigenvalue weighted by molar-refractivity contribution is -0.115. The van der Waals surface area contributed by atoms with Gasteiger partial charge in [-0.15, -0.1) is 0 Å². The Hall–Kier alpha value is -1.97. The highest BCUT2D eigenvalue weighted by Gasteiger charge is 2.11. The number of hydrogen-bond acceptors (Lipinski definition) is 3. The van der Waals surface area contributed by atoms with Crippen LogP contribution >= 0.6 is 0 Å². The van der Waals surface area contributed by atoms with Gasteiger partial charge in [-0.3, -0.25) is 9.78 Å². The molecule has 4 heteroatoms. The third kappa shape index (κ3) is 1.61. The molecule has 1 aliphatic heterocycles. The average Bonchev–Trinajstić information content (AvgIpc) is 2.54. The van der Waals surface area contributed by atoms with Crippen LogP contribution in [0.2, 0.25) is 0 Å². The van der Waals surface area contributed by atoms with Gasteiger partial charge in [-0.05, 0) is 18.2 Å². The van der Waals surface area contributed by atoms with E-state index in [0.717, 1.165) is 5.69 Å². The van der Waals surface area contributed by atoms with Gasteiger partial charge in [-0.2, -0.15) is 0 Å². The summed E-state index contributed by atoms with van der Waals surface area (Å²) in [5, 5.41) is 2.46. The van der Waals surface area contributed by atoms with E-state index < -0.39 is 0 Å². The summed E-state index contributed by atoms with van der Waals surface area (Å²) in [7, 11) is 0. The number of carbonyl (C=O) groups excluding carboxylic acids is 1. The van der Waals surface area contributed by atoms with Crippen LogP contribution in [0, 0.1) is 0 Å². The van der Waals surface area contributed by atoms with Crippen LogP contribution in [0.25, 0.3) is 6.08 Å². The third-order valence-electron chi connectivity index (χ3n) is 1.60. The molecule has 0 atom stereocenters. The summed E-state index contributed by atoms with van der Waals surface area (Å²) in [6.45, 7) is 0. The van der Waals surface area contributed by atoms with E-state index in [4.69, 9.17) is 0 Å². The van der Waals surface area contributed by atoms with Gasteiger partial charge in [0.15, 0.2) is 0 Å². The minimum absolute atomic E-state index is 0.189. The number of hydrogen-bond donors (Lipinski definition) is 1. The Morgan fingerprint density at radius 3 is 2.92 bits per heavy atom. The summed E-state index contributed by atoms with van der Waals surface area (Å²) in [6.07, 6.45) is 4.68. The molecule has 64 valence electrons. The number of nitrogens with one attached hydrogen (secondary N) is 1. The molecule has 0 unspecified atom stereocenters. The fourth-order valence-electron chi connectivity index (χ4n) is 0.997. The molecule has 1 amide bonds. The van der Waals surface area contributed by atoms with Crippen molar-refractivity contribution >= 4 is 18.3 Å². The summed E-state index contributed by atoms with van der Waals surface area (Å²) in [4.78, 5) is 18.9. The first-order valence-electron chi connectivity index (χ1n) is 3.82. The Labute approximate surface area is 75.0 Å². The Morgan fingerprint density at radius 2 is 2.31 bits per heavy atom. The molecule has 0 saturated carbocycles. The molecule has 1 N–H and O–H groups in total. The minimum atomic E-state index is -0.189. The smallest absolute Gasteiger partial charge is 0.275 e. The lowest BCUT2D eigenvalue weighted by atomic mass is 10.3. The first-order chi connectivity index (χ1) is 6.36. The molecule has 0 saturated heterocycles. The van der Waals surface area contributed by atoms with Crippen molar-refractivity contribution < 1.29 is 4.79 Å². The van der Waals surface area contributed by atoms with E-state index in [9.17, 15) is 4.79 Å². The fraction of sp³-hybridized carbons (Fsp3) is 0. The van der Waals surface area contributed by atoms with Crippen LogP contribution in [0.5, 0.6) is 0 Å². The first-order valence-corrected chi connectivity index (χ1v) is 3.82. The summed E-state index contributed by atoms with van der Waals surface area (Å²) in [6, 6.07) is 5.49. The van der Waals surface area contributed by atoms with Crippen molar-refractivity contribution in [3.8, 4) is 0 Å². The number of nitrogens with zero attached hydrogens (tertiary/aromatic N) is 2. The molecule has 0 bridgehead atoms. The molecule has 13 heavy (non-hydrogen) atoms. The number of rotatable bonds is 1. The summed E-state index contributed by atoms with van der Waals surface area (Å²) in [5.41, 5.74) is 1.12. The molecular weight excluding hydrogens is 166 g/mol. The van der Waals surface area contributed by atoms with Gasteiger partial charge in [0.05, 0.1) is 12.0 Å². The van der Waals surface area contributed by atoms with Gasteiger partial charge in [0.1, 0.15) is 5.70 Å². The molecule has 4 nitrogen and oxygen atoms in total. The van der Waals surface area contributed by atoms with Gasteiger partial charge in [-0.25, -0.2) is 4.99 Å². The second kappa shape index (κ2) is 3.18. The normalized spacial score (nSPS) is 17.8. The molecule has 0 aromatic carbocycles. The van der Waals surface area contributed by atoms with Gasteiger partial charge in [0.25, 0.3) is 5.91 Å². The highest BCUT2D eigenvalue weighted by Crippen LogP contribution is 2.06. The van der Waals surface area contributed by atoms with E-state index in [-0.39, 0.29) is 5.91 Å². The van der Waals surface area contributed by atoms with Crippen LogP contribution < -0.4 is 5.32 Å². The molecule has 2 heterocycles. The predicted molar refractivity (Wildman–Crippen MR) is 48.8 cm³/mol. The summed E-state index contributed by atoms with van der Waals surface area (Å²) in [5.74, 6) is -0.189. The Bertz CT molecular complexity index is 381. The van der Waals surface area contributed by atoms with Crippen LogP contribution in [0.4, 0.5) is 0 Å². The van der Waals surface area contributed by atoms with Crippen LogP contribution in [0.3, 0.4) is 0 Å².